The van der Waals surface area contributed by atoms with Crippen LogP contribution >= 0.6 is 0 Å². The van der Waals surface area contributed by atoms with Crippen LogP contribution in [0.2, 0.25) is 0 Å². The van der Waals surface area contributed by atoms with E-state index < -0.39 is 0 Å². The molecule has 1 heteroatoms. The molecule has 1 rings (SSSR count). The van der Waals surface area contributed by atoms with Gasteiger partial charge in [0.25, 0.3) is 0 Å². The Morgan fingerprint density at radius 2 is 1.61 bits per heavy atom. The summed E-state index contributed by atoms with van der Waals surface area (Å²) in [5.74, 6) is 3.64. The molecular weight excluding hydrogens is 218 g/mol. The van der Waals surface area contributed by atoms with Crippen molar-refractivity contribution in [2.24, 2.45) is 23.7 Å². The first-order chi connectivity index (χ1) is 8.59. The standard InChI is InChI=1S/C17H35N/c1-14(2)8-7-11-16-9-5-6-10-17(16)13-18-12-15(3)4/h14-18H,5-13H2,1-4H3. The molecule has 0 aromatic heterocycles. The lowest BCUT2D eigenvalue weighted by molar-refractivity contribution is 0.209. The molecule has 0 radical (unpaired) electrons. The second-order valence-electron chi connectivity index (χ2n) is 7.18. The predicted octanol–water partition coefficient (Wildman–Crippen LogP) is 4.86. The summed E-state index contributed by atoms with van der Waals surface area (Å²) in [6.45, 7) is 11.8. The summed E-state index contributed by atoms with van der Waals surface area (Å²) in [6, 6.07) is 0. The minimum Gasteiger partial charge on any atom is -0.316 e. The molecule has 1 nitrogen and oxygen atoms in total. The summed E-state index contributed by atoms with van der Waals surface area (Å²) >= 11 is 0. The van der Waals surface area contributed by atoms with E-state index in [0.717, 1.165) is 23.7 Å². The molecule has 0 amide bonds. The molecular formula is C17H35N. The van der Waals surface area contributed by atoms with E-state index in [2.05, 4.69) is 33.0 Å². The normalized spacial score (nSPS) is 25.0. The van der Waals surface area contributed by atoms with E-state index in [4.69, 9.17) is 0 Å². The average Bonchev–Trinajstić information content (AvgIpc) is 2.30. The van der Waals surface area contributed by atoms with E-state index >= 15 is 0 Å². The third kappa shape index (κ3) is 6.78. The Bertz CT molecular complexity index is 176. The second kappa shape index (κ2) is 8.96. The first kappa shape index (κ1) is 16.0. The lowest BCUT2D eigenvalue weighted by Crippen LogP contribution is -2.32. The van der Waals surface area contributed by atoms with Crippen LogP contribution in [0.4, 0.5) is 0 Å². The number of hydrogen-bond donors (Lipinski definition) is 1. The second-order valence-corrected chi connectivity index (χ2v) is 7.18. The van der Waals surface area contributed by atoms with Crippen LogP contribution in [0.1, 0.15) is 72.6 Å². The van der Waals surface area contributed by atoms with Crippen molar-refractivity contribution in [2.75, 3.05) is 13.1 Å². The highest BCUT2D eigenvalue weighted by atomic mass is 14.9. The van der Waals surface area contributed by atoms with Crippen LogP contribution in [-0.4, -0.2) is 13.1 Å². The summed E-state index contributed by atoms with van der Waals surface area (Å²) in [7, 11) is 0. The Hall–Kier alpha value is -0.0400. The van der Waals surface area contributed by atoms with Crippen molar-refractivity contribution in [3.05, 3.63) is 0 Å². The van der Waals surface area contributed by atoms with Gasteiger partial charge in [-0.05, 0) is 43.2 Å². The molecule has 1 aliphatic carbocycles. The smallest absolute Gasteiger partial charge is 0.00178 e. The van der Waals surface area contributed by atoms with Crippen molar-refractivity contribution in [1.29, 1.82) is 0 Å². The molecule has 2 atom stereocenters. The molecule has 1 fully saturated rings. The molecule has 0 bridgehead atoms. The molecule has 0 aliphatic heterocycles. The Balaban J connectivity index is 2.23. The van der Waals surface area contributed by atoms with Gasteiger partial charge in [0.05, 0.1) is 0 Å². The van der Waals surface area contributed by atoms with E-state index in [0.29, 0.717) is 0 Å². The topological polar surface area (TPSA) is 12.0 Å². The van der Waals surface area contributed by atoms with Gasteiger partial charge in [-0.25, -0.2) is 0 Å². The molecule has 0 aromatic carbocycles. The van der Waals surface area contributed by atoms with E-state index in [9.17, 15) is 0 Å². The van der Waals surface area contributed by atoms with E-state index in [-0.39, 0.29) is 0 Å². The van der Waals surface area contributed by atoms with Gasteiger partial charge in [-0.1, -0.05) is 66.2 Å². The first-order valence-corrected chi connectivity index (χ1v) is 8.30. The van der Waals surface area contributed by atoms with Crippen LogP contribution < -0.4 is 5.32 Å². The minimum absolute atomic E-state index is 0.785. The molecule has 0 spiro atoms. The van der Waals surface area contributed by atoms with Crippen molar-refractivity contribution < 1.29 is 0 Å². The van der Waals surface area contributed by atoms with E-state index in [1.54, 1.807) is 0 Å². The van der Waals surface area contributed by atoms with Crippen LogP contribution in [0.25, 0.3) is 0 Å². The van der Waals surface area contributed by atoms with Crippen LogP contribution in [0.5, 0.6) is 0 Å². The lowest BCUT2D eigenvalue weighted by Gasteiger charge is -2.32. The highest BCUT2D eigenvalue weighted by molar-refractivity contribution is 4.77. The summed E-state index contributed by atoms with van der Waals surface area (Å²) in [5.41, 5.74) is 0. The van der Waals surface area contributed by atoms with Crippen LogP contribution in [0.15, 0.2) is 0 Å². The average molecular weight is 253 g/mol. The fourth-order valence-electron chi connectivity index (χ4n) is 3.28. The first-order valence-electron chi connectivity index (χ1n) is 8.30. The predicted molar refractivity (Wildman–Crippen MR) is 81.8 cm³/mol. The van der Waals surface area contributed by atoms with Crippen LogP contribution in [-0.2, 0) is 0 Å². The zero-order valence-electron chi connectivity index (χ0n) is 13.2. The van der Waals surface area contributed by atoms with Gasteiger partial charge in [0.2, 0.25) is 0 Å². The lowest BCUT2D eigenvalue weighted by atomic mass is 9.76. The number of hydrogen-bond acceptors (Lipinski definition) is 1. The molecule has 18 heavy (non-hydrogen) atoms. The van der Waals surface area contributed by atoms with Gasteiger partial charge in [-0.3, -0.25) is 0 Å². The van der Waals surface area contributed by atoms with E-state index in [1.807, 2.05) is 0 Å². The molecule has 0 saturated heterocycles. The van der Waals surface area contributed by atoms with Gasteiger partial charge >= 0.3 is 0 Å². The third-order valence-electron chi connectivity index (χ3n) is 4.38. The van der Waals surface area contributed by atoms with Crippen molar-refractivity contribution >= 4 is 0 Å². The fourth-order valence-corrected chi connectivity index (χ4v) is 3.28. The molecule has 0 aromatic rings. The minimum atomic E-state index is 0.785. The molecule has 108 valence electrons. The highest BCUT2D eigenvalue weighted by Crippen LogP contribution is 2.33. The van der Waals surface area contributed by atoms with Crippen molar-refractivity contribution in [3.63, 3.8) is 0 Å². The maximum absolute atomic E-state index is 3.68. The number of rotatable bonds is 8. The Morgan fingerprint density at radius 3 is 2.22 bits per heavy atom. The van der Waals surface area contributed by atoms with Crippen molar-refractivity contribution in [1.82, 2.24) is 5.32 Å². The van der Waals surface area contributed by atoms with E-state index in [1.165, 1.54) is 58.0 Å². The Kier molecular flexibility index (Phi) is 7.97. The van der Waals surface area contributed by atoms with Gasteiger partial charge in [0.1, 0.15) is 0 Å². The molecule has 2 unspecified atom stereocenters. The highest BCUT2D eigenvalue weighted by Gasteiger charge is 2.24. The molecule has 1 aliphatic rings. The maximum atomic E-state index is 3.68. The SMILES string of the molecule is CC(C)CCCC1CCCCC1CNCC(C)C. The maximum Gasteiger partial charge on any atom is -0.00178 e. The monoisotopic (exact) mass is 253 g/mol. The Morgan fingerprint density at radius 1 is 0.944 bits per heavy atom. The van der Waals surface area contributed by atoms with Crippen LogP contribution in [0.3, 0.4) is 0 Å². The summed E-state index contributed by atoms with van der Waals surface area (Å²) in [4.78, 5) is 0. The molecule has 1 N–H and O–H groups in total. The molecule has 0 heterocycles. The van der Waals surface area contributed by atoms with Gasteiger partial charge in [0, 0.05) is 0 Å². The largest absolute Gasteiger partial charge is 0.316 e. The number of nitrogens with one attached hydrogen (secondary N) is 1. The summed E-state index contributed by atoms with van der Waals surface area (Å²) < 4.78 is 0. The summed E-state index contributed by atoms with van der Waals surface area (Å²) in [5, 5.41) is 3.68. The van der Waals surface area contributed by atoms with Gasteiger partial charge in [0.15, 0.2) is 0 Å². The van der Waals surface area contributed by atoms with Crippen molar-refractivity contribution in [2.45, 2.75) is 72.6 Å². The van der Waals surface area contributed by atoms with Crippen LogP contribution in [0, 0.1) is 23.7 Å². The third-order valence-corrected chi connectivity index (χ3v) is 4.38. The van der Waals surface area contributed by atoms with Crippen molar-refractivity contribution in [3.8, 4) is 0 Å². The zero-order chi connectivity index (χ0) is 13.4. The van der Waals surface area contributed by atoms with Gasteiger partial charge in [-0.2, -0.15) is 0 Å². The van der Waals surface area contributed by atoms with Gasteiger partial charge < -0.3 is 5.32 Å². The quantitative estimate of drug-likeness (QED) is 0.651. The van der Waals surface area contributed by atoms with Gasteiger partial charge in [-0.15, -0.1) is 0 Å². The molecule has 1 saturated carbocycles. The summed E-state index contributed by atoms with van der Waals surface area (Å²) in [6.07, 6.45) is 10.3. The fraction of sp³-hybridized carbons (Fsp3) is 1.00. The Labute approximate surface area is 115 Å². The zero-order valence-corrected chi connectivity index (χ0v) is 13.2.